The van der Waals surface area contributed by atoms with E-state index in [0.29, 0.717) is 6.10 Å². The second-order valence-corrected chi connectivity index (χ2v) is 3.58. The van der Waals surface area contributed by atoms with Crippen molar-refractivity contribution >= 4 is 5.97 Å². The smallest absolute Gasteiger partial charge is 0.311 e. The largest absolute Gasteiger partial charge is 0.469 e. The predicted molar refractivity (Wildman–Crippen MR) is 42.6 cm³/mol. The lowest BCUT2D eigenvalue weighted by Crippen LogP contribution is -2.33. The van der Waals surface area contributed by atoms with Crippen molar-refractivity contribution in [1.29, 1.82) is 0 Å². The molecule has 0 aliphatic carbocycles. The van der Waals surface area contributed by atoms with Crippen molar-refractivity contribution in [2.24, 2.45) is 5.92 Å². The van der Waals surface area contributed by atoms with Crippen LogP contribution in [0.15, 0.2) is 0 Å². The summed E-state index contributed by atoms with van der Waals surface area (Å²) in [5, 5.41) is 0. The molecule has 0 amide bonds. The molecule has 3 atom stereocenters. The molecule has 2 rings (SSSR count). The average Bonchev–Trinajstić information content (AvgIpc) is 2.47. The van der Waals surface area contributed by atoms with Gasteiger partial charge in [0.2, 0.25) is 0 Å². The fraction of sp³-hybridized carbons (Fsp3) is 0.889. The lowest BCUT2D eigenvalue weighted by molar-refractivity contribution is -0.154. The van der Waals surface area contributed by atoms with E-state index in [9.17, 15) is 4.79 Å². The molecule has 2 bridgehead atoms. The van der Waals surface area contributed by atoms with Gasteiger partial charge in [-0.2, -0.15) is 0 Å². The van der Waals surface area contributed by atoms with Gasteiger partial charge < -0.3 is 9.47 Å². The van der Waals surface area contributed by atoms with E-state index in [-0.39, 0.29) is 18.0 Å². The first kappa shape index (κ1) is 8.05. The van der Waals surface area contributed by atoms with Crippen LogP contribution in [0.2, 0.25) is 0 Å². The van der Waals surface area contributed by atoms with Gasteiger partial charge in [0.05, 0.1) is 25.2 Å². The number of carbonyl (C=O) groups is 1. The minimum Gasteiger partial charge on any atom is -0.469 e. The van der Waals surface area contributed by atoms with Gasteiger partial charge in [0.15, 0.2) is 0 Å². The van der Waals surface area contributed by atoms with Crippen LogP contribution < -0.4 is 0 Å². The molecule has 0 N–H and O–H groups in total. The lowest BCUT2D eigenvalue weighted by Gasteiger charge is -2.26. The van der Waals surface area contributed by atoms with Gasteiger partial charge in [0.1, 0.15) is 0 Å². The van der Waals surface area contributed by atoms with Gasteiger partial charge in [0, 0.05) is 0 Å². The number of methoxy groups -OCH3 is 1. The predicted octanol–water partition coefficient (Wildman–Crippen LogP) is 1.12. The molecule has 0 aromatic carbocycles. The Bertz CT molecular complexity index is 190. The van der Waals surface area contributed by atoms with E-state index in [0.717, 1.165) is 25.7 Å². The molecule has 0 spiro atoms. The Labute approximate surface area is 72.0 Å². The molecule has 2 aliphatic rings. The van der Waals surface area contributed by atoms with E-state index in [4.69, 9.17) is 9.47 Å². The van der Waals surface area contributed by atoms with Crippen molar-refractivity contribution in [2.45, 2.75) is 37.9 Å². The van der Waals surface area contributed by atoms with Crippen molar-refractivity contribution in [3.63, 3.8) is 0 Å². The maximum atomic E-state index is 11.3. The second kappa shape index (κ2) is 3.05. The van der Waals surface area contributed by atoms with E-state index < -0.39 is 0 Å². The zero-order valence-corrected chi connectivity index (χ0v) is 7.29. The summed E-state index contributed by atoms with van der Waals surface area (Å²) < 4.78 is 10.4. The lowest BCUT2D eigenvalue weighted by atomic mass is 9.96. The summed E-state index contributed by atoms with van der Waals surface area (Å²) in [6, 6.07) is 0. The molecule has 68 valence electrons. The molecule has 0 radical (unpaired) electrons. The first-order valence-electron chi connectivity index (χ1n) is 4.54. The molecule has 0 saturated carbocycles. The Morgan fingerprint density at radius 3 is 2.83 bits per heavy atom. The van der Waals surface area contributed by atoms with Gasteiger partial charge in [-0.05, 0) is 25.7 Å². The van der Waals surface area contributed by atoms with Gasteiger partial charge in [0.25, 0.3) is 0 Å². The van der Waals surface area contributed by atoms with Crippen LogP contribution in [-0.4, -0.2) is 25.3 Å². The minimum absolute atomic E-state index is 0.00810. The quantitative estimate of drug-likeness (QED) is 0.553. The summed E-state index contributed by atoms with van der Waals surface area (Å²) in [7, 11) is 1.45. The van der Waals surface area contributed by atoms with Crippen LogP contribution in [0, 0.1) is 5.92 Å². The zero-order valence-electron chi connectivity index (χ0n) is 7.29. The summed E-state index contributed by atoms with van der Waals surface area (Å²) in [5.41, 5.74) is 0. The van der Waals surface area contributed by atoms with Crippen LogP contribution in [0.4, 0.5) is 0 Å². The summed E-state index contributed by atoms with van der Waals surface area (Å²) in [6.45, 7) is 0. The van der Waals surface area contributed by atoms with Gasteiger partial charge in [-0.25, -0.2) is 0 Å². The van der Waals surface area contributed by atoms with Crippen LogP contribution in [0.3, 0.4) is 0 Å². The van der Waals surface area contributed by atoms with Crippen molar-refractivity contribution in [2.75, 3.05) is 7.11 Å². The SMILES string of the molecule is COC(=O)C1CCC2CC[C@@H]1O2. The second-order valence-electron chi connectivity index (χ2n) is 3.58. The van der Waals surface area contributed by atoms with Gasteiger partial charge in [-0.1, -0.05) is 0 Å². The Morgan fingerprint density at radius 2 is 2.08 bits per heavy atom. The highest BCUT2D eigenvalue weighted by Crippen LogP contribution is 2.36. The third-order valence-corrected chi connectivity index (χ3v) is 2.89. The third kappa shape index (κ3) is 1.22. The van der Waals surface area contributed by atoms with E-state index in [2.05, 4.69) is 0 Å². The van der Waals surface area contributed by atoms with Crippen LogP contribution in [0.1, 0.15) is 25.7 Å². The molecule has 0 aromatic rings. The molecule has 2 unspecified atom stereocenters. The van der Waals surface area contributed by atoms with E-state index >= 15 is 0 Å². The van der Waals surface area contributed by atoms with E-state index in [1.807, 2.05) is 0 Å². The molecule has 2 fully saturated rings. The number of rotatable bonds is 1. The first-order valence-corrected chi connectivity index (χ1v) is 4.54. The number of esters is 1. The first-order chi connectivity index (χ1) is 5.81. The molecule has 2 saturated heterocycles. The Balaban J connectivity index is 2.02. The standard InChI is InChI=1S/C9H14O3/c1-11-9(10)7-4-2-6-3-5-8(7)12-6/h6-8H,2-5H2,1H3/t6?,7?,8-/m0/s1. The maximum Gasteiger partial charge on any atom is 0.311 e. The van der Waals surface area contributed by atoms with E-state index in [1.165, 1.54) is 7.11 Å². The highest BCUT2D eigenvalue weighted by atomic mass is 16.5. The Morgan fingerprint density at radius 1 is 1.33 bits per heavy atom. The summed E-state index contributed by atoms with van der Waals surface area (Å²) >= 11 is 0. The zero-order chi connectivity index (χ0) is 8.55. The van der Waals surface area contributed by atoms with Crippen molar-refractivity contribution in [3.8, 4) is 0 Å². The van der Waals surface area contributed by atoms with Crippen LogP contribution in [0.25, 0.3) is 0 Å². The number of ether oxygens (including phenoxy) is 2. The van der Waals surface area contributed by atoms with E-state index in [1.54, 1.807) is 0 Å². The fourth-order valence-electron chi connectivity index (χ4n) is 2.21. The van der Waals surface area contributed by atoms with Crippen LogP contribution >= 0.6 is 0 Å². The highest BCUT2D eigenvalue weighted by molar-refractivity contribution is 5.73. The van der Waals surface area contributed by atoms with Crippen LogP contribution in [-0.2, 0) is 14.3 Å². The van der Waals surface area contributed by atoms with Crippen molar-refractivity contribution < 1.29 is 14.3 Å². The summed E-state index contributed by atoms with van der Waals surface area (Å²) in [6.07, 6.45) is 4.70. The number of fused-ring (bicyclic) bond motifs is 2. The van der Waals surface area contributed by atoms with Crippen molar-refractivity contribution in [3.05, 3.63) is 0 Å². The molecule has 12 heavy (non-hydrogen) atoms. The summed E-state index contributed by atoms with van der Waals surface area (Å²) in [5.74, 6) is -0.0888. The Hall–Kier alpha value is -0.570. The van der Waals surface area contributed by atoms with Gasteiger partial charge >= 0.3 is 5.97 Å². The summed E-state index contributed by atoms with van der Waals surface area (Å²) in [4.78, 5) is 11.3. The highest BCUT2D eigenvalue weighted by Gasteiger charge is 2.40. The molecule has 0 aromatic heterocycles. The normalized spacial score (nSPS) is 39.6. The van der Waals surface area contributed by atoms with Gasteiger partial charge in [-0.3, -0.25) is 4.79 Å². The molecular formula is C9H14O3. The third-order valence-electron chi connectivity index (χ3n) is 2.89. The fourth-order valence-corrected chi connectivity index (χ4v) is 2.21. The van der Waals surface area contributed by atoms with Crippen molar-refractivity contribution in [1.82, 2.24) is 0 Å². The molecule has 2 aliphatic heterocycles. The minimum atomic E-state index is -0.0969. The number of hydrogen-bond donors (Lipinski definition) is 0. The molecular weight excluding hydrogens is 156 g/mol. The maximum absolute atomic E-state index is 11.3. The topological polar surface area (TPSA) is 35.5 Å². The van der Waals surface area contributed by atoms with Crippen LogP contribution in [0.5, 0.6) is 0 Å². The number of hydrogen-bond acceptors (Lipinski definition) is 3. The van der Waals surface area contributed by atoms with Gasteiger partial charge in [-0.15, -0.1) is 0 Å². The molecule has 3 nitrogen and oxygen atoms in total. The molecule has 2 heterocycles. The molecule has 3 heteroatoms. The number of carbonyl (C=O) groups excluding carboxylic acids is 1. The average molecular weight is 170 g/mol. The monoisotopic (exact) mass is 170 g/mol. The Kier molecular flexibility index (Phi) is 2.05.